The van der Waals surface area contributed by atoms with Crippen LogP contribution in [0.3, 0.4) is 0 Å². The summed E-state index contributed by atoms with van der Waals surface area (Å²) in [5.74, 6) is 3.59. The minimum Gasteiger partial charge on any atom is -0.460 e. The second kappa shape index (κ2) is 11.4. The first kappa shape index (κ1) is 28.6. The Kier molecular flexibility index (Phi) is 6.63. The van der Waals surface area contributed by atoms with E-state index in [0.717, 1.165) is 66.2 Å². The van der Waals surface area contributed by atoms with Gasteiger partial charge in [0.1, 0.15) is 11.3 Å². The lowest BCUT2D eigenvalue weighted by Gasteiger charge is -2.28. The lowest BCUT2D eigenvalue weighted by atomic mass is 9.77. The van der Waals surface area contributed by atoms with Crippen LogP contribution in [0.15, 0.2) is 125 Å². The van der Waals surface area contributed by atoms with E-state index in [0.29, 0.717) is 5.82 Å². The van der Waals surface area contributed by atoms with Crippen molar-refractivity contribution in [2.24, 2.45) is 5.92 Å². The number of fused-ring (bicyclic) bond motifs is 6. The predicted molar refractivity (Wildman–Crippen MR) is 203 cm³/mol. The van der Waals surface area contributed by atoms with Crippen LogP contribution >= 0.6 is 11.3 Å². The molecule has 0 fully saturated rings. The molecule has 0 spiro atoms. The van der Waals surface area contributed by atoms with Crippen molar-refractivity contribution in [2.75, 3.05) is 0 Å². The molecule has 0 aliphatic heterocycles. The number of nitrogens with zero attached hydrogens (tertiary/aromatic N) is 3. The topological polar surface area (TPSA) is 51.8 Å². The van der Waals surface area contributed by atoms with E-state index < -0.39 is 0 Å². The zero-order valence-electron chi connectivity index (χ0n) is 27.2. The number of rotatable bonds is 4. The predicted octanol–water partition coefficient (Wildman–Crippen LogP) is 11.9. The molecule has 0 radical (unpaired) electrons. The van der Waals surface area contributed by atoms with E-state index in [-0.39, 0.29) is 5.92 Å². The lowest BCUT2D eigenvalue weighted by molar-refractivity contribution is 0.546. The van der Waals surface area contributed by atoms with Crippen LogP contribution in [-0.4, -0.2) is 15.0 Å². The molecule has 236 valence electrons. The molecule has 3 aliphatic rings. The number of allylic oxidation sites excluding steroid dienone is 7. The summed E-state index contributed by atoms with van der Waals surface area (Å²) >= 11 is 1.81. The molecule has 0 bridgehead atoms. The van der Waals surface area contributed by atoms with E-state index >= 15 is 0 Å². The highest BCUT2D eigenvalue weighted by Crippen LogP contribution is 2.45. The molecule has 1 unspecified atom stereocenters. The van der Waals surface area contributed by atoms with E-state index in [4.69, 9.17) is 19.4 Å². The summed E-state index contributed by atoms with van der Waals surface area (Å²) in [4.78, 5) is 15.5. The van der Waals surface area contributed by atoms with Crippen LogP contribution in [0.4, 0.5) is 0 Å². The minimum absolute atomic E-state index is 0.258. The van der Waals surface area contributed by atoms with Gasteiger partial charge in [-0.1, -0.05) is 104 Å². The molecule has 49 heavy (non-hydrogen) atoms. The molecule has 3 heterocycles. The molecule has 1 atom stereocenters. The summed E-state index contributed by atoms with van der Waals surface area (Å²) in [6, 6.07) is 32.0. The van der Waals surface area contributed by atoms with Crippen LogP contribution in [0, 0.1) is 5.92 Å². The SMILES string of the molecule is CC1CC2=C(C=C1c1nc(-c3ccccc3)nc(-c3cccc4c3sc3ccccc34)n1)CCC(c1cccc3oc4c(c13)C=CCC4)=C2. The van der Waals surface area contributed by atoms with Crippen molar-refractivity contribution in [1.29, 1.82) is 0 Å². The Labute approximate surface area is 288 Å². The van der Waals surface area contributed by atoms with Gasteiger partial charge in [0.25, 0.3) is 0 Å². The van der Waals surface area contributed by atoms with Crippen LogP contribution in [0.1, 0.15) is 55.3 Å². The molecule has 3 aromatic heterocycles. The summed E-state index contributed by atoms with van der Waals surface area (Å²) in [7, 11) is 0. The molecular weight excluding hydrogens is 619 g/mol. The number of benzene rings is 4. The number of hydrogen-bond acceptors (Lipinski definition) is 5. The van der Waals surface area contributed by atoms with Crippen molar-refractivity contribution in [3.8, 4) is 22.8 Å². The Hall–Kier alpha value is -5.39. The van der Waals surface area contributed by atoms with Crippen molar-refractivity contribution in [1.82, 2.24) is 15.0 Å². The maximum Gasteiger partial charge on any atom is 0.165 e. The third-order valence-electron chi connectivity index (χ3n) is 10.4. The summed E-state index contributed by atoms with van der Waals surface area (Å²) in [6.45, 7) is 2.31. The van der Waals surface area contributed by atoms with Crippen LogP contribution in [0.5, 0.6) is 0 Å². The van der Waals surface area contributed by atoms with Crippen molar-refractivity contribution in [3.05, 3.63) is 143 Å². The molecule has 10 rings (SSSR count). The van der Waals surface area contributed by atoms with Gasteiger partial charge in [0, 0.05) is 54.2 Å². The molecular formula is C44H33N3OS. The summed E-state index contributed by atoms with van der Waals surface area (Å²) in [6.07, 6.45) is 14.3. The Morgan fingerprint density at radius 3 is 2.43 bits per heavy atom. The third kappa shape index (κ3) is 4.75. The second-order valence-electron chi connectivity index (χ2n) is 13.4. The number of furan rings is 1. The van der Waals surface area contributed by atoms with Crippen molar-refractivity contribution in [2.45, 2.75) is 39.0 Å². The van der Waals surface area contributed by atoms with E-state index in [2.05, 4.69) is 104 Å². The first-order chi connectivity index (χ1) is 24.2. The molecule has 0 saturated carbocycles. The van der Waals surface area contributed by atoms with Gasteiger partial charge in [-0.05, 0) is 72.1 Å². The molecule has 7 aromatic rings. The zero-order chi connectivity index (χ0) is 32.5. The van der Waals surface area contributed by atoms with Crippen LogP contribution < -0.4 is 0 Å². The average Bonchev–Trinajstić information content (AvgIpc) is 3.73. The van der Waals surface area contributed by atoms with Crippen molar-refractivity contribution >= 4 is 59.7 Å². The van der Waals surface area contributed by atoms with E-state index in [9.17, 15) is 0 Å². The lowest BCUT2D eigenvalue weighted by Crippen LogP contribution is -2.13. The second-order valence-corrected chi connectivity index (χ2v) is 14.5. The van der Waals surface area contributed by atoms with Crippen molar-refractivity contribution < 1.29 is 4.42 Å². The molecule has 3 aliphatic carbocycles. The van der Waals surface area contributed by atoms with Gasteiger partial charge in [0.15, 0.2) is 17.5 Å². The fraction of sp³-hybridized carbons (Fsp3) is 0.159. The Bertz CT molecular complexity index is 2600. The summed E-state index contributed by atoms with van der Waals surface area (Å²) < 4.78 is 8.80. The molecule has 4 aromatic carbocycles. The van der Waals surface area contributed by atoms with E-state index in [1.54, 1.807) is 0 Å². The first-order valence-corrected chi connectivity index (χ1v) is 18.1. The number of aryl methyl sites for hydroxylation is 1. The first-order valence-electron chi connectivity index (χ1n) is 17.3. The largest absolute Gasteiger partial charge is 0.460 e. The maximum absolute atomic E-state index is 6.31. The highest BCUT2D eigenvalue weighted by molar-refractivity contribution is 7.26. The number of thiophene rings is 1. The van der Waals surface area contributed by atoms with E-state index in [1.807, 2.05) is 29.5 Å². The van der Waals surface area contributed by atoms with Gasteiger partial charge in [-0.3, -0.25) is 0 Å². The smallest absolute Gasteiger partial charge is 0.165 e. The van der Waals surface area contributed by atoms with Crippen molar-refractivity contribution in [3.63, 3.8) is 0 Å². The number of hydrogen-bond donors (Lipinski definition) is 0. The highest BCUT2D eigenvalue weighted by Gasteiger charge is 2.27. The monoisotopic (exact) mass is 651 g/mol. The quantitative estimate of drug-likeness (QED) is 0.190. The van der Waals surface area contributed by atoms with Gasteiger partial charge < -0.3 is 4.42 Å². The standard InChI is InChI=1S/C44H33N3OS/c1-26-23-30-24-29(31-15-10-19-38-40(31)34-14-5-7-18-37(34)48-38)22-21-28(30)25-36(26)44-46-42(27-11-3-2-4-12-27)45-43(47-44)35-17-9-16-33-32-13-6-8-20-39(32)49-41(33)35/h2-6,8-17,19-20,24-26H,7,18,21-23H2,1H3. The van der Waals surface area contributed by atoms with Gasteiger partial charge in [0.05, 0.1) is 0 Å². The van der Waals surface area contributed by atoms with Crippen LogP contribution in [0.25, 0.3) is 71.1 Å². The van der Waals surface area contributed by atoms with Gasteiger partial charge >= 0.3 is 0 Å². The highest BCUT2D eigenvalue weighted by atomic mass is 32.1. The molecule has 0 saturated heterocycles. The molecule has 0 amide bonds. The average molecular weight is 652 g/mol. The van der Waals surface area contributed by atoms with Gasteiger partial charge in [-0.15, -0.1) is 11.3 Å². The van der Waals surface area contributed by atoms with Gasteiger partial charge in [-0.25, -0.2) is 15.0 Å². The fourth-order valence-corrected chi connectivity index (χ4v) is 9.17. The van der Waals surface area contributed by atoms with Gasteiger partial charge in [0.2, 0.25) is 0 Å². The Balaban J connectivity index is 1.10. The number of aromatic nitrogens is 3. The Morgan fingerprint density at radius 2 is 1.49 bits per heavy atom. The zero-order valence-corrected chi connectivity index (χ0v) is 28.1. The summed E-state index contributed by atoms with van der Waals surface area (Å²) in [5, 5.41) is 3.78. The normalized spacial score (nSPS) is 17.4. The molecule has 0 N–H and O–H groups in total. The molecule has 5 heteroatoms. The van der Waals surface area contributed by atoms with Gasteiger partial charge in [-0.2, -0.15) is 0 Å². The Morgan fingerprint density at radius 1 is 0.694 bits per heavy atom. The summed E-state index contributed by atoms with van der Waals surface area (Å²) in [5.41, 5.74) is 11.0. The van der Waals surface area contributed by atoms with Crippen LogP contribution in [-0.2, 0) is 6.42 Å². The maximum atomic E-state index is 6.31. The van der Waals surface area contributed by atoms with E-state index in [1.165, 1.54) is 59.0 Å². The minimum atomic E-state index is 0.258. The third-order valence-corrected chi connectivity index (χ3v) is 11.6. The van der Waals surface area contributed by atoms with Crippen LogP contribution in [0.2, 0.25) is 0 Å². The fourth-order valence-electron chi connectivity index (χ4n) is 7.96. The molecule has 4 nitrogen and oxygen atoms in total.